The molecule has 0 aliphatic heterocycles. The number of benzene rings is 3. The van der Waals surface area contributed by atoms with Crippen LogP contribution in [-0.2, 0) is 11.4 Å². The Morgan fingerprint density at radius 3 is 2.48 bits per heavy atom. The molecule has 0 spiro atoms. The fourth-order valence-corrected chi connectivity index (χ4v) is 3.21. The van der Waals surface area contributed by atoms with E-state index in [-0.39, 0.29) is 12.5 Å². The number of nitrogens with zero attached hydrogens (tertiary/aromatic N) is 1. The van der Waals surface area contributed by atoms with Crippen molar-refractivity contribution in [3.8, 4) is 11.5 Å². The zero-order chi connectivity index (χ0) is 23.5. The number of carbonyl (C=O) groups excluding carboxylic acids is 2. The number of rotatable bonds is 10. The van der Waals surface area contributed by atoms with Crippen molar-refractivity contribution in [3.05, 3.63) is 94.0 Å². The Labute approximate surface area is 200 Å². The lowest BCUT2D eigenvalue weighted by Gasteiger charge is -2.10. The van der Waals surface area contributed by atoms with Gasteiger partial charge in [0.2, 0.25) is 0 Å². The van der Waals surface area contributed by atoms with Gasteiger partial charge in [0.25, 0.3) is 11.8 Å². The summed E-state index contributed by atoms with van der Waals surface area (Å²) < 4.78 is 12.1. The molecule has 3 rings (SSSR count). The predicted molar refractivity (Wildman–Crippen MR) is 131 cm³/mol. The molecular weight excluding hydrogens is 486 g/mol. The fraction of sp³-hybridized carbons (Fsp3) is 0.160. The van der Waals surface area contributed by atoms with E-state index in [9.17, 15) is 9.59 Å². The van der Waals surface area contributed by atoms with Crippen molar-refractivity contribution in [2.45, 2.75) is 13.5 Å². The van der Waals surface area contributed by atoms with Crippen LogP contribution in [0.15, 0.2) is 82.4 Å². The van der Waals surface area contributed by atoms with Crippen LogP contribution >= 0.6 is 15.9 Å². The lowest BCUT2D eigenvalue weighted by Crippen LogP contribution is -2.34. The molecule has 0 saturated heterocycles. The molecule has 0 bridgehead atoms. The number of amides is 2. The number of hydrazone groups is 1. The third-order valence-corrected chi connectivity index (χ3v) is 4.93. The number of nitrogens with one attached hydrogen (secondary N) is 2. The van der Waals surface area contributed by atoms with Gasteiger partial charge in [0.05, 0.1) is 19.4 Å². The van der Waals surface area contributed by atoms with Gasteiger partial charge >= 0.3 is 0 Å². The standard InChI is InChI=1S/C25H24BrN3O4/c1-2-32-22-11-8-19(9-12-22)25(31)27-16-24(30)29-28-15-20-14-21(26)10-13-23(20)33-17-18-6-4-3-5-7-18/h3-15H,2,16-17H2,1H3,(H,27,31)(H,29,30)/b28-15+. The van der Waals surface area contributed by atoms with Crippen molar-refractivity contribution in [3.63, 3.8) is 0 Å². The second-order valence-electron chi connectivity index (χ2n) is 6.89. The predicted octanol–water partition coefficient (Wildman–Crippen LogP) is 4.31. The van der Waals surface area contributed by atoms with E-state index in [1.807, 2.05) is 55.5 Å². The SMILES string of the molecule is CCOc1ccc(C(=O)NCC(=O)N/N=C/c2cc(Br)ccc2OCc2ccccc2)cc1. The van der Waals surface area contributed by atoms with Crippen LogP contribution in [-0.4, -0.2) is 31.2 Å². The third-order valence-electron chi connectivity index (χ3n) is 4.44. The lowest BCUT2D eigenvalue weighted by molar-refractivity contribution is -0.120. The molecule has 7 nitrogen and oxygen atoms in total. The Balaban J connectivity index is 1.51. The summed E-state index contributed by atoms with van der Waals surface area (Å²) in [6, 6.07) is 22.0. The van der Waals surface area contributed by atoms with Gasteiger partial charge in [-0.05, 0) is 55.0 Å². The maximum atomic E-state index is 12.2. The molecule has 3 aromatic rings. The molecule has 0 radical (unpaired) electrons. The van der Waals surface area contributed by atoms with Gasteiger partial charge in [-0.1, -0.05) is 46.3 Å². The van der Waals surface area contributed by atoms with Crippen molar-refractivity contribution in [2.75, 3.05) is 13.2 Å². The molecule has 2 amide bonds. The summed E-state index contributed by atoms with van der Waals surface area (Å²) in [6.07, 6.45) is 1.50. The molecule has 0 aromatic heterocycles. The fourth-order valence-electron chi connectivity index (χ4n) is 2.83. The maximum absolute atomic E-state index is 12.2. The van der Waals surface area contributed by atoms with Crippen LogP contribution in [0.2, 0.25) is 0 Å². The van der Waals surface area contributed by atoms with Crippen LogP contribution in [0, 0.1) is 0 Å². The van der Waals surface area contributed by atoms with Crippen molar-refractivity contribution >= 4 is 34.0 Å². The molecular formula is C25H24BrN3O4. The van der Waals surface area contributed by atoms with Gasteiger partial charge in [0, 0.05) is 15.6 Å². The van der Waals surface area contributed by atoms with Gasteiger partial charge in [-0.15, -0.1) is 0 Å². The summed E-state index contributed by atoms with van der Waals surface area (Å²) >= 11 is 3.43. The Kier molecular flexibility index (Phi) is 9.02. The van der Waals surface area contributed by atoms with Gasteiger partial charge in [-0.25, -0.2) is 5.43 Å². The van der Waals surface area contributed by atoms with Crippen molar-refractivity contribution in [1.82, 2.24) is 10.7 Å². The minimum Gasteiger partial charge on any atom is -0.494 e. The molecule has 0 saturated carbocycles. The van der Waals surface area contributed by atoms with Crippen LogP contribution in [0.3, 0.4) is 0 Å². The van der Waals surface area contributed by atoms with E-state index in [2.05, 4.69) is 31.8 Å². The van der Waals surface area contributed by atoms with Crippen molar-refractivity contribution in [2.24, 2.45) is 5.10 Å². The Bertz CT molecular complexity index is 1100. The second kappa shape index (κ2) is 12.4. The highest BCUT2D eigenvalue weighted by molar-refractivity contribution is 9.10. The highest BCUT2D eigenvalue weighted by Gasteiger charge is 2.08. The molecule has 3 aromatic carbocycles. The highest BCUT2D eigenvalue weighted by Crippen LogP contribution is 2.22. The third kappa shape index (κ3) is 7.76. The van der Waals surface area contributed by atoms with Gasteiger partial charge in [-0.2, -0.15) is 5.10 Å². The summed E-state index contributed by atoms with van der Waals surface area (Å²) in [5.74, 6) is 0.498. The Morgan fingerprint density at radius 2 is 1.76 bits per heavy atom. The Morgan fingerprint density at radius 1 is 1.00 bits per heavy atom. The zero-order valence-corrected chi connectivity index (χ0v) is 19.7. The zero-order valence-electron chi connectivity index (χ0n) is 18.1. The summed E-state index contributed by atoms with van der Waals surface area (Å²) in [6.45, 7) is 2.64. The summed E-state index contributed by atoms with van der Waals surface area (Å²) in [5, 5.41) is 6.55. The molecule has 33 heavy (non-hydrogen) atoms. The van der Waals surface area contributed by atoms with Crippen LogP contribution < -0.4 is 20.2 Å². The summed E-state index contributed by atoms with van der Waals surface area (Å²) in [5.41, 5.74) is 4.58. The van der Waals surface area contributed by atoms with E-state index < -0.39 is 5.91 Å². The first-order valence-electron chi connectivity index (χ1n) is 10.3. The molecule has 0 aliphatic rings. The first-order valence-corrected chi connectivity index (χ1v) is 11.1. The van der Waals surface area contributed by atoms with E-state index in [0.29, 0.717) is 35.8 Å². The minimum atomic E-state index is -0.452. The van der Waals surface area contributed by atoms with Crippen LogP contribution in [0.25, 0.3) is 0 Å². The van der Waals surface area contributed by atoms with Crippen LogP contribution in [0.1, 0.15) is 28.4 Å². The maximum Gasteiger partial charge on any atom is 0.259 e. The summed E-state index contributed by atoms with van der Waals surface area (Å²) in [4.78, 5) is 24.3. The number of hydrogen-bond donors (Lipinski definition) is 2. The van der Waals surface area contributed by atoms with E-state index in [0.717, 1.165) is 10.0 Å². The molecule has 2 N–H and O–H groups in total. The van der Waals surface area contributed by atoms with Crippen LogP contribution in [0.5, 0.6) is 11.5 Å². The van der Waals surface area contributed by atoms with E-state index >= 15 is 0 Å². The molecule has 0 aliphatic carbocycles. The number of ether oxygens (including phenoxy) is 2. The largest absolute Gasteiger partial charge is 0.494 e. The molecule has 0 heterocycles. The molecule has 170 valence electrons. The monoisotopic (exact) mass is 509 g/mol. The smallest absolute Gasteiger partial charge is 0.259 e. The normalized spacial score (nSPS) is 10.6. The second-order valence-corrected chi connectivity index (χ2v) is 7.81. The number of hydrogen-bond acceptors (Lipinski definition) is 5. The average Bonchev–Trinajstić information content (AvgIpc) is 2.83. The average molecular weight is 510 g/mol. The van der Waals surface area contributed by atoms with Gasteiger partial charge in [-0.3, -0.25) is 9.59 Å². The Hall–Kier alpha value is -3.65. The van der Waals surface area contributed by atoms with E-state index in [4.69, 9.17) is 9.47 Å². The van der Waals surface area contributed by atoms with Gasteiger partial charge < -0.3 is 14.8 Å². The molecule has 0 atom stereocenters. The topological polar surface area (TPSA) is 89.0 Å². The first kappa shape index (κ1) is 24.0. The van der Waals surface area contributed by atoms with Crippen molar-refractivity contribution < 1.29 is 19.1 Å². The first-order chi connectivity index (χ1) is 16.0. The lowest BCUT2D eigenvalue weighted by atomic mass is 10.2. The number of halogens is 1. The van der Waals surface area contributed by atoms with Gasteiger partial charge in [0.1, 0.15) is 18.1 Å². The van der Waals surface area contributed by atoms with Crippen molar-refractivity contribution in [1.29, 1.82) is 0 Å². The van der Waals surface area contributed by atoms with E-state index in [1.54, 1.807) is 24.3 Å². The molecule has 0 unspecified atom stereocenters. The quantitative estimate of drug-likeness (QED) is 0.314. The summed E-state index contributed by atoms with van der Waals surface area (Å²) in [7, 11) is 0. The van der Waals surface area contributed by atoms with Gasteiger partial charge in [0.15, 0.2) is 0 Å². The van der Waals surface area contributed by atoms with E-state index in [1.165, 1.54) is 6.21 Å². The number of carbonyl (C=O) groups is 2. The minimum absolute atomic E-state index is 0.209. The molecule has 0 fully saturated rings. The highest BCUT2D eigenvalue weighted by atomic mass is 79.9. The van der Waals surface area contributed by atoms with Crippen LogP contribution in [0.4, 0.5) is 0 Å². The molecule has 8 heteroatoms.